The molecule has 1 atom stereocenters. The Kier molecular flexibility index (Phi) is 6.85. The molecule has 0 N–H and O–H groups in total. The van der Waals surface area contributed by atoms with E-state index in [4.69, 9.17) is 16.3 Å². The first-order valence-electron chi connectivity index (χ1n) is 8.27. The molecule has 1 heterocycles. The Bertz CT molecular complexity index is 691. The van der Waals surface area contributed by atoms with Gasteiger partial charge in [0.1, 0.15) is 6.04 Å². The van der Waals surface area contributed by atoms with Crippen molar-refractivity contribution in [2.24, 2.45) is 5.92 Å². The van der Waals surface area contributed by atoms with Crippen molar-refractivity contribution in [2.45, 2.75) is 26.4 Å². The monoisotopic (exact) mass is 388 g/mol. The molecule has 0 aromatic heterocycles. The zero-order valence-corrected chi connectivity index (χ0v) is 16.4. The van der Waals surface area contributed by atoms with Gasteiger partial charge in [-0.3, -0.25) is 9.69 Å². The summed E-state index contributed by atoms with van der Waals surface area (Å²) in [6.07, 6.45) is 0. The van der Waals surface area contributed by atoms with E-state index in [1.165, 1.54) is 11.4 Å². The maximum absolute atomic E-state index is 12.8. The predicted octanol–water partition coefficient (Wildman–Crippen LogP) is 1.99. The number of hydrogen-bond donors (Lipinski definition) is 0. The van der Waals surface area contributed by atoms with Crippen LogP contribution in [0.4, 0.5) is 0 Å². The minimum Gasteiger partial charge on any atom is -0.468 e. The number of methoxy groups -OCH3 is 1. The molecule has 1 fully saturated rings. The van der Waals surface area contributed by atoms with Crippen LogP contribution < -0.4 is 0 Å². The van der Waals surface area contributed by atoms with E-state index < -0.39 is 22.0 Å². The van der Waals surface area contributed by atoms with Crippen molar-refractivity contribution in [3.8, 4) is 0 Å². The lowest BCUT2D eigenvalue weighted by Gasteiger charge is -2.29. The maximum Gasteiger partial charge on any atom is 0.325 e. The molecule has 6 nitrogen and oxygen atoms in total. The van der Waals surface area contributed by atoms with E-state index in [-0.39, 0.29) is 12.3 Å². The van der Waals surface area contributed by atoms with E-state index in [2.05, 4.69) is 13.8 Å². The molecule has 1 aliphatic heterocycles. The minimum atomic E-state index is -3.58. The Morgan fingerprint density at radius 1 is 1.32 bits per heavy atom. The Labute approximate surface area is 154 Å². The largest absolute Gasteiger partial charge is 0.468 e. The summed E-state index contributed by atoms with van der Waals surface area (Å²) >= 11 is 5.89. The third kappa shape index (κ3) is 5.41. The molecule has 0 aliphatic carbocycles. The third-order valence-corrected chi connectivity index (χ3v) is 6.20. The van der Waals surface area contributed by atoms with E-state index >= 15 is 0 Å². The van der Waals surface area contributed by atoms with Gasteiger partial charge in [0.25, 0.3) is 0 Å². The van der Waals surface area contributed by atoms with Crippen molar-refractivity contribution in [1.82, 2.24) is 9.21 Å². The molecule has 1 aromatic rings. The molecule has 1 saturated heterocycles. The quantitative estimate of drug-likeness (QED) is 0.721. The molecule has 0 spiro atoms. The Balaban J connectivity index is 2.33. The second kappa shape index (κ2) is 8.49. The molecule has 0 saturated carbocycles. The standard InChI is InChI=1S/C17H25ClN2O4S/c1-13(2)10-19-8-9-25(22,23)20(16(12-19)17(21)24-3)11-14-4-6-15(18)7-5-14/h4-7,13,16H,8-12H2,1-3H3. The molecule has 2 rings (SSSR count). The summed E-state index contributed by atoms with van der Waals surface area (Å²) in [6, 6.07) is 6.09. The smallest absolute Gasteiger partial charge is 0.325 e. The molecule has 25 heavy (non-hydrogen) atoms. The highest BCUT2D eigenvalue weighted by atomic mass is 35.5. The van der Waals surface area contributed by atoms with E-state index in [0.717, 1.165) is 12.1 Å². The minimum absolute atomic E-state index is 0.0131. The number of carbonyl (C=O) groups is 1. The van der Waals surface area contributed by atoms with Crippen LogP contribution in [0.2, 0.25) is 5.02 Å². The lowest BCUT2D eigenvalue weighted by Crippen LogP contribution is -2.48. The molecule has 1 aliphatic rings. The average molecular weight is 389 g/mol. The van der Waals surface area contributed by atoms with Gasteiger partial charge in [-0.25, -0.2) is 8.42 Å². The van der Waals surface area contributed by atoms with Gasteiger partial charge in [-0.2, -0.15) is 4.31 Å². The number of esters is 1. The number of hydrogen-bond acceptors (Lipinski definition) is 5. The van der Waals surface area contributed by atoms with Crippen LogP contribution >= 0.6 is 11.6 Å². The molecular weight excluding hydrogens is 364 g/mol. The highest BCUT2D eigenvalue weighted by Crippen LogP contribution is 2.21. The van der Waals surface area contributed by atoms with Gasteiger partial charge in [-0.1, -0.05) is 37.6 Å². The number of rotatable bonds is 5. The molecule has 140 valence electrons. The summed E-state index contributed by atoms with van der Waals surface area (Å²) < 4.78 is 31.8. The molecular formula is C17H25ClN2O4S. The summed E-state index contributed by atoms with van der Waals surface area (Å²) in [7, 11) is -2.30. The van der Waals surface area contributed by atoms with Gasteiger partial charge in [0, 0.05) is 31.2 Å². The molecule has 1 unspecified atom stereocenters. The van der Waals surface area contributed by atoms with E-state index in [1.807, 2.05) is 4.90 Å². The van der Waals surface area contributed by atoms with Gasteiger partial charge >= 0.3 is 5.97 Å². The first kappa shape index (κ1) is 20.2. The summed E-state index contributed by atoms with van der Waals surface area (Å²) in [5.41, 5.74) is 0.777. The summed E-state index contributed by atoms with van der Waals surface area (Å²) in [5, 5.41) is 0.579. The zero-order chi connectivity index (χ0) is 18.6. The van der Waals surface area contributed by atoms with Gasteiger partial charge in [-0.15, -0.1) is 0 Å². The fraction of sp³-hybridized carbons (Fsp3) is 0.588. The number of halogens is 1. The molecule has 8 heteroatoms. The molecule has 0 radical (unpaired) electrons. The van der Waals surface area contributed by atoms with Crippen molar-refractivity contribution in [3.63, 3.8) is 0 Å². The van der Waals surface area contributed by atoms with Crippen molar-refractivity contribution >= 4 is 27.6 Å². The summed E-state index contributed by atoms with van der Waals surface area (Å²) in [4.78, 5) is 14.3. The normalized spacial score (nSPS) is 21.9. The fourth-order valence-electron chi connectivity index (χ4n) is 2.97. The van der Waals surface area contributed by atoms with Crippen LogP contribution in [0.1, 0.15) is 19.4 Å². The van der Waals surface area contributed by atoms with Gasteiger partial charge in [-0.05, 0) is 23.6 Å². The van der Waals surface area contributed by atoms with Crippen LogP contribution in [-0.2, 0) is 26.1 Å². The second-order valence-electron chi connectivity index (χ2n) is 6.68. The third-order valence-electron chi connectivity index (χ3n) is 4.15. The average Bonchev–Trinajstić information content (AvgIpc) is 2.66. The van der Waals surface area contributed by atoms with Gasteiger partial charge in [0.2, 0.25) is 10.0 Å². The number of sulfonamides is 1. The van der Waals surface area contributed by atoms with Crippen molar-refractivity contribution in [3.05, 3.63) is 34.9 Å². The van der Waals surface area contributed by atoms with Crippen LogP contribution in [0.5, 0.6) is 0 Å². The predicted molar refractivity (Wildman–Crippen MR) is 97.9 cm³/mol. The van der Waals surface area contributed by atoms with Gasteiger partial charge in [0.15, 0.2) is 0 Å². The Hall–Kier alpha value is -1.15. The fourth-order valence-corrected chi connectivity index (χ4v) is 4.71. The van der Waals surface area contributed by atoms with Crippen molar-refractivity contribution < 1.29 is 17.9 Å². The second-order valence-corrected chi connectivity index (χ2v) is 9.16. The molecule has 0 bridgehead atoms. The van der Waals surface area contributed by atoms with E-state index in [9.17, 15) is 13.2 Å². The number of ether oxygens (including phenoxy) is 1. The topological polar surface area (TPSA) is 66.9 Å². The summed E-state index contributed by atoms with van der Waals surface area (Å²) in [5.74, 6) is -0.169. The summed E-state index contributed by atoms with van der Waals surface area (Å²) in [6.45, 7) is 5.73. The zero-order valence-electron chi connectivity index (χ0n) is 14.8. The van der Waals surface area contributed by atoms with Crippen molar-refractivity contribution in [1.29, 1.82) is 0 Å². The van der Waals surface area contributed by atoms with Crippen LogP contribution in [0.15, 0.2) is 24.3 Å². The highest BCUT2D eigenvalue weighted by Gasteiger charge is 2.39. The first-order valence-corrected chi connectivity index (χ1v) is 10.3. The van der Waals surface area contributed by atoms with Crippen LogP contribution in [0.3, 0.4) is 0 Å². The lowest BCUT2D eigenvalue weighted by atomic mass is 10.1. The van der Waals surface area contributed by atoms with Gasteiger partial charge in [0.05, 0.1) is 12.9 Å². The molecule has 1 aromatic carbocycles. The Morgan fingerprint density at radius 2 is 1.96 bits per heavy atom. The molecule has 0 amide bonds. The number of nitrogens with zero attached hydrogens (tertiary/aromatic N) is 2. The van der Waals surface area contributed by atoms with Crippen LogP contribution in [0.25, 0.3) is 0 Å². The van der Waals surface area contributed by atoms with E-state index in [1.54, 1.807) is 24.3 Å². The SMILES string of the molecule is COC(=O)C1CN(CC(C)C)CCS(=O)(=O)N1Cc1ccc(Cl)cc1. The Morgan fingerprint density at radius 3 is 2.52 bits per heavy atom. The maximum atomic E-state index is 12.8. The number of carbonyl (C=O) groups excluding carboxylic acids is 1. The lowest BCUT2D eigenvalue weighted by molar-refractivity contribution is -0.145. The van der Waals surface area contributed by atoms with Crippen molar-refractivity contribution in [2.75, 3.05) is 32.5 Å². The van der Waals surface area contributed by atoms with Crippen LogP contribution in [-0.4, -0.2) is 62.1 Å². The van der Waals surface area contributed by atoms with Crippen LogP contribution in [0, 0.1) is 5.92 Å². The first-order chi connectivity index (χ1) is 11.7. The highest BCUT2D eigenvalue weighted by molar-refractivity contribution is 7.89. The van der Waals surface area contributed by atoms with Gasteiger partial charge < -0.3 is 4.74 Å². The number of benzene rings is 1. The van der Waals surface area contributed by atoms with E-state index in [0.29, 0.717) is 24.0 Å².